The first kappa shape index (κ1) is 21.0. The van der Waals surface area contributed by atoms with Crippen molar-refractivity contribution in [2.24, 2.45) is 5.92 Å². The van der Waals surface area contributed by atoms with Crippen LogP contribution in [0.5, 0.6) is 0 Å². The number of hydrogen-bond donors (Lipinski definition) is 1. The van der Waals surface area contributed by atoms with Crippen LogP contribution in [0.15, 0.2) is 24.3 Å². The summed E-state index contributed by atoms with van der Waals surface area (Å²) in [6, 6.07) is 5.60. The summed E-state index contributed by atoms with van der Waals surface area (Å²) < 4.78 is 25.6. The Kier molecular flexibility index (Phi) is 7.32. The van der Waals surface area contributed by atoms with E-state index in [1.165, 1.54) is 0 Å². The molecule has 1 fully saturated rings. The molecule has 8 heteroatoms. The van der Waals surface area contributed by atoms with Gasteiger partial charge < -0.3 is 10.2 Å². The van der Waals surface area contributed by atoms with Crippen molar-refractivity contribution < 1.29 is 13.2 Å². The lowest BCUT2D eigenvalue weighted by Gasteiger charge is -2.30. The van der Waals surface area contributed by atoms with E-state index in [0.717, 1.165) is 42.9 Å². The number of hydrogen-bond acceptors (Lipinski definition) is 4. The number of nitrogens with zero attached hydrogens (tertiary/aromatic N) is 2. The standard InChI is InChI=1S/C18H28ClN3O3S/c1-14(18(23)20-11-8-15-9-12-21(2)13-10-15)22(26(3,24)25)17-6-4-16(19)5-7-17/h4-7,14-15H,8-13H2,1-3H3,(H,20,23). The zero-order chi connectivity index (χ0) is 19.3. The number of rotatable bonds is 7. The number of sulfonamides is 1. The Labute approximate surface area is 161 Å². The average Bonchev–Trinajstić information content (AvgIpc) is 2.57. The molecule has 1 aliphatic rings. The minimum atomic E-state index is -3.60. The molecule has 1 aliphatic heterocycles. The fourth-order valence-electron chi connectivity index (χ4n) is 3.29. The molecule has 2 rings (SSSR count). The van der Waals surface area contributed by atoms with E-state index >= 15 is 0 Å². The van der Waals surface area contributed by atoms with Gasteiger partial charge in [0, 0.05) is 11.6 Å². The maximum Gasteiger partial charge on any atom is 0.243 e. The Hall–Kier alpha value is -1.31. The first-order chi connectivity index (χ1) is 12.2. The minimum Gasteiger partial charge on any atom is -0.354 e. The van der Waals surface area contributed by atoms with Crippen LogP contribution in [-0.4, -0.2) is 58.2 Å². The highest BCUT2D eigenvalue weighted by molar-refractivity contribution is 7.92. The molecule has 1 N–H and O–H groups in total. The summed E-state index contributed by atoms with van der Waals surface area (Å²) in [5, 5.41) is 3.40. The van der Waals surface area contributed by atoms with Crippen molar-refractivity contribution in [3.63, 3.8) is 0 Å². The fourth-order valence-corrected chi connectivity index (χ4v) is 4.60. The maximum atomic E-state index is 12.5. The second kappa shape index (κ2) is 9.06. The molecule has 0 aromatic heterocycles. The Morgan fingerprint density at radius 1 is 1.31 bits per heavy atom. The van der Waals surface area contributed by atoms with Crippen LogP contribution >= 0.6 is 11.6 Å². The van der Waals surface area contributed by atoms with Crippen LogP contribution in [0.4, 0.5) is 5.69 Å². The monoisotopic (exact) mass is 401 g/mol. The number of benzene rings is 1. The van der Waals surface area contributed by atoms with Gasteiger partial charge in [-0.3, -0.25) is 9.10 Å². The normalized spacial score (nSPS) is 17.7. The van der Waals surface area contributed by atoms with E-state index < -0.39 is 16.1 Å². The van der Waals surface area contributed by atoms with Crippen molar-refractivity contribution in [3.05, 3.63) is 29.3 Å². The van der Waals surface area contributed by atoms with Gasteiger partial charge in [-0.05, 0) is 76.5 Å². The Balaban J connectivity index is 1.96. The van der Waals surface area contributed by atoms with Crippen LogP contribution in [0, 0.1) is 5.92 Å². The molecule has 6 nitrogen and oxygen atoms in total. The lowest BCUT2D eigenvalue weighted by molar-refractivity contribution is -0.121. The third kappa shape index (κ3) is 5.86. The lowest BCUT2D eigenvalue weighted by atomic mass is 9.94. The largest absolute Gasteiger partial charge is 0.354 e. The third-order valence-electron chi connectivity index (χ3n) is 4.86. The zero-order valence-electron chi connectivity index (χ0n) is 15.6. The smallest absolute Gasteiger partial charge is 0.243 e. The molecule has 26 heavy (non-hydrogen) atoms. The van der Waals surface area contributed by atoms with Gasteiger partial charge in [0.05, 0.1) is 11.9 Å². The molecule has 0 radical (unpaired) electrons. The van der Waals surface area contributed by atoms with Crippen molar-refractivity contribution in [1.29, 1.82) is 0 Å². The third-order valence-corrected chi connectivity index (χ3v) is 6.35. The van der Waals surface area contributed by atoms with Gasteiger partial charge in [0.2, 0.25) is 15.9 Å². The van der Waals surface area contributed by atoms with E-state index in [9.17, 15) is 13.2 Å². The molecule has 0 aliphatic carbocycles. The minimum absolute atomic E-state index is 0.293. The summed E-state index contributed by atoms with van der Waals surface area (Å²) >= 11 is 5.87. The van der Waals surface area contributed by atoms with Gasteiger partial charge in [0.15, 0.2) is 0 Å². The number of piperidine rings is 1. The molecule has 1 aromatic rings. The highest BCUT2D eigenvalue weighted by atomic mass is 35.5. The van der Waals surface area contributed by atoms with E-state index in [1.54, 1.807) is 31.2 Å². The van der Waals surface area contributed by atoms with Gasteiger partial charge in [-0.2, -0.15) is 0 Å². The summed E-state index contributed by atoms with van der Waals surface area (Å²) in [7, 11) is -1.48. The van der Waals surface area contributed by atoms with Crippen LogP contribution in [0.2, 0.25) is 5.02 Å². The van der Waals surface area contributed by atoms with Crippen LogP contribution in [-0.2, 0) is 14.8 Å². The Morgan fingerprint density at radius 3 is 2.42 bits per heavy atom. The van der Waals surface area contributed by atoms with E-state index in [4.69, 9.17) is 11.6 Å². The summed E-state index contributed by atoms with van der Waals surface area (Å²) in [4.78, 5) is 14.8. The molecule has 0 bridgehead atoms. The molecular weight excluding hydrogens is 374 g/mol. The predicted octanol–water partition coefficient (Wildman–Crippen LogP) is 2.34. The Morgan fingerprint density at radius 2 is 1.88 bits per heavy atom. The highest BCUT2D eigenvalue weighted by Crippen LogP contribution is 2.23. The van der Waals surface area contributed by atoms with Crippen LogP contribution in [0.25, 0.3) is 0 Å². The molecule has 1 aromatic carbocycles. The number of halogens is 1. The second-order valence-corrected chi connectivity index (χ2v) is 9.33. The molecule has 1 unspecified atom stereocenters. The molecule has 0 saturated carbocycles. The summed E-state index contributed by atoms with van der Waals surface area (Å²) in [5.74, 6) is 0.322. The number of carbonyl (C=O) groups is 1. The molecule has 1 heterocycles. The van der Waals surface area contributed by atoms with Crippen LogP contribution in [0.1, 0.15) is 26.2 Å². The number of amides is 1. The SMILES string of the molecule is CC(C(=O)NCCC1CCN(C)CC1)N(c1ccc(Cl)cc1)S(C)(=O)=O. The zero-order valence-corrected chi connectivity index (χ0v) is 17.2. The van der Waals surface area contributed by atoms with E-state index in [1.807, 2.05) is 0 Å². The molecule has 146 valence electrons. The molecule has 1 amide bonds. The van der Waals surface area contributed by atoms with Crippen molar-refractivity contribution in [3.8, 4) is 0 Å². The number of carbonyl (C=O) groups excluding carboxylic acids is 1. The predicted molar refractivity (Wildman–Crippen MR) is 106 cm³/mol. The van der Waals surface area contributed by atoms with E-state index in [-0.39, 0.29) is 5.91 Å². The second-order valence-electron chi connectivity index (χ2n) is 7.04. The van der Waals surface area contributed by atoms with Gasteiger partial charge in [0.25, 0.3) is 0 Å². The van der Waals surface area contributed by atoms with Crippen molar-refractivity contribution in [2.75, 3.05) is 37.2 Å². The summed E-state index contributed by atoms with van der Waals surface area (Å²) in [6.07, 6.45) is 4.31. The molecule has 1 saturated heterocycles. The molecular formula is C18H28ClN3O3S. The first-order valence-electron chi connectivity index (χ1n) is 8.89. The van der Waals surface area contributed by atoms with Gasteiger partial charge in [-0.25, -0.2) is 8.42 Å². The van der Waals surface area contributed by atoms with Crippen LogP contribution in [0.3, 0.4) is 0 Å². The Bertz CT molecular complexity index is 701. The number of anilines is 1. The highest BCUT2D eigenvalue weighted by Gasteiger charge is 2.29. The van der Waals surface area contributed by atoms with Crippen molar-refractivity contribution >= 4 is 33.2 Å². The summed E-state index contributed by atoms with van der Waals surface area (Å²) in [6.45, 7) is 4.34. The number of likely N-dealkylation sites (tertiary alicyclic amines) is 1. The number of nitrogens with one attached hydrogen (secondary N) is 1. The van der Waals surface area contributed by atoms with Crippen molar-refractivity contribution in [1.82, 2.24) is 10.2 Å². The maximum absolute atomic E-state index is 12.5. The van der Waals surface area contributed by atoms with E-state index in [2.05, 4.69) is 17.3 Å². The molecule has 1 atom stereocenters. The molecule has 0 spiro atoms. The summed E-state index contributed by atoms with van der Waals surface area (Å²) in [5.41, 5.74) is 0.426. The quantitative estimate of drug-likeness (QED) is 0.761. The van der Waals surface area contributed by atoms with Gasteiger partial charge in [0.1, 0.15) is 6.04 Å². The lowest BCUT2D eigenvalue weighted by Crippen LogP contribution is -2.48. The van der Waals surface area contributed by atoms with Gasteiger partial charge in [-0.1, -0.05) is 11.6 Å². The van der Waals surface area contributed by atoms with Crippen molar-refractivity contribution in [2.45, 2.75) is 32.2 Å². The topological polar surface area (TPSA) is 69.7 Å². The average molecular weight is 402 g/mol. The van der Waals surface area contributed by atoms with Gasteiger partial charge in [-0.15, -0.1) is 0 Å². The van der Waals surface area contributed by atoms with Crippen LogP contribution < -0.4 is 9.62 Å². The van der Waals surface area contributed by atoms with E-state index in [0.29, 0.717) is 23.2 Å². The van der Waals surface area contributed by atoms with Gasteiger partial charge >= 0.3 is 0 Å². The first-order valence-corrected chi connectivity index (χ1v) is 11.1. The fraction of sp³-hybridized carbons (Fsp3) is 0.611.